The molecular formula is C7H9NO2Si. The summed E-state index contributed by atoms with van der Waals surface area (Å²) in [6, 6.07) is 7.25. The van der Waals surface area contributed by atoms with Crippen molar-refractivity contribution in [1.29, 1.82) is 0 Å². The van der Waals surface area contributed by atoms with Crippen LogP contribution in [0.3, 0.4) is 0 Å². The molecule has 1 aromatic rings. The maximum Gasteiger partial charge on any atom is 0.559 e. The van der Waals surface area contributed by atoms with Crippen LogP contribution < -0.4 is 11.1 Å². The Morgan fingerprint density at radius 2 is 1.91 bits per heavy atom. The van der Waals surface area contributed by atoms with Crippen molar-refractivity contribution in [3.63, 3.8) is 0 Å². The SMILES string of the molecule is Cc1ccc([Si](=O)ON)cc1. The molecule has 4 heteroatoms. The minimum absolute atomic E-state index is 0.656. The van der Waals surface area contributed by atoms with Crippen LogP contribution >= 0.6 is 0 Å². The Balaban J connectivity index is 2.90. The smallest absolute Gasteiger partial charge is 0.432 e. The quantitative estimate of drug-likeness (QED) is 0.498. The van der Waals surface area contributed by atoms with Crippen molar-refractivity contribution in [2.24, 2.45) is 5.90 Å². The van der Waals surface area contributed by atoms with Gasteiger partial charge in [-0.2, -0.15) is 5.90 Å². The molecular weight excluding hydrogens is 158 g/mol. The molecule has 0 radical (unpaired) electrons. The van der Waals surface area contributed by atoms with E-state index in [1.807, 2.05) is 19.1 Å². The van der Waals surface area contributed by atoms with Crippen LogP contribution in [0.25, 0.3) is 0 Å². The second-order valence-corrected chi connectivity index (χ2v) is 3.66. The molecule has 0 aliphatic carbocycles. The van der Waals surface area contributed by atoms with E-state index in [2.05, 4.69) is 4.53 Å². The van der Waals surface area contributed by atoms with Crippen molar-refractivity contribution in [1.82, 2.24) is 0 Å². The number of aryl methyl sites for hydroxylation is 1. The summed E-state index contributed by atoms with van der Waals surface area (Å²) >= 11 is 0. The summed E-state index contributed by atoms with van der Waals surface area (Å²) in [5.74, 6) is 4.77. The fraction of sp³-hybridized carbons (Fsp3) is 0.143. The summed E-state index contributed by atoms with van der Waals surface area (Å²) in [6.07, 6.45) is 0. The van der Waals surface area contributed by atoms with Crippen molar-refractivity contribution >= 4 is 14.1 Å². The zero-order chi connectivity index (χ0) is 8.27. The molecule has 0 atom stereocenters. The van der Waals surface area contributed by atoms with Crippen molar-refractivity contribution in [2.75, 3.05) is 0 Å². The van der Waals surface area contributed by atoms with E-state index in [1.54, 1.807) is 12.1 Å². The molecule has 0 fully saturated rings. The molecule has 0 aromatic heterocycles. The first kappa shape index (κ1) is 8.10. The highest BCUT2D eigenvalue weighted by atomic mass is 28.3. The average molecular weight is 167 g/mol. The third kappa shape index (κ3) is 1.96. The Labute approximate surface area is 66.5 Å². The standard InChI is InChI=1S/C7H9NO2Si/c1-6-2-4-7(5-3-6)11(9)10-8/h2-5H,8H2,1H3. The highest BCUT2D eigenvalue weighted by molar-refractivity contribution is 6.53. The predicted molar refractivity (Wildman–Crippen MR) is 42.5 cm³/mol. The number of hydrogen-bond donors (Lipinski definition) is 1. The van der Waals surface area contributed by atoms with E-state index in [1.165, 1.54) is 0 Å². The van der Waals surface area contributed by atoms with Gasteiger partial charge in [-0.15, -0.1) is 0 Å². The molecule has 0 spiro atoms. The van der Waals surface area contributed by atoms with Gasteiger partial charge in [0.2, 0.25) is 0 Å². The van der Waals surface area contributed by atoms with Gasteiger partial charge in [-0.05, 0) is 6.92 Å². The second kappa shape index (κ2) is 3.41. The van der Waals surface area contributed by atoms with Crippen LogP contribution in [0.4, 0.5) is 0 Å². The predicted octanol–water partition coefficient (Wildman–Crippen LogP) is 0.0110. The molecule has 1 aromatic carbocycles. The van der Waals surface area contributed by atoms with E-state index in [9.17, 15) is 4.46 Å². The molecule has 1 rings (SSSR count). The van der Waals surface area contributed by atoms with E-state index in [-0.39, 0.29) is 0 Å². The van der Waals surface area contributed by atoms with Crippen LogP contribution in [-0.4, -0.2) is 8.93 Å². The molecule has 11 heavy (non-hydrogen) atoms. The minimum Gasteiger partial charge on any atom is -0.432 e. The van der Waals surface area contributed by atoms with E-state index in [0.717, 1.165) is 5.56 Å². The molecule has 0 heterocycles. The summed E-state index contributed by atoms with van der Waals surface area (Å²) in [5.41, 5.74) is 1.13. The summed E-state index contributed by atoms with van der Waals surface area (Å²) in [7, 11) is -2.20. The molecule has 0 aliphatic heterocycles. The highest BCUT2D eigenvalue weighted by Crippen LogP contribution is 1.92. The first-order chi connectivity index (χ1) is 5.24. The molecule has 0 saturated heterocycles. The third-order valence-electron chi connectivity index (χ3n) is 1.39. The Kier molecular flexibility index (Phi) is 2.51. The molecule has 0 bridgehead atoms. The Hall–Kier alpha value is -1.00. The fourth-order valence-electron chi connectivity index (χ4n) is 0.758. The van der Waals surface area contributed by atoms with Crippen LogP contribution in [0.1, 0.15) is 5.56 Å². The van der Waals surface area contributed by atoms with E-state index in [4.69, 9.17) is 5.90 Å². The van der Waals surface area contributed by atoms with Gasteiger partial charge in [0.25, 0.3) is 0 Å². The Morgan fingerprint density at radius 3 is 2.36 bits per heavy atom. The maximum absolute atomic E-state index is 11.0. The minimum atomic E-state index is -2.20. The normalized spacial score (nSPS) is 9.27. The molecule has 0 saturated carbocycles. The summed E-state index contributed by atoms with van der Waals surface area (Å²) in [5, 5.41) is 0.656. The molecule has 0 unspecified atom stereocenters. The van der Waals surface area contributed by atoms with Gasteiger partial charge in [-0.1, -0.05) is 29.8 Å². The van der Waals surface area contributed by atoms with E-state index in [0.29, 0.717) is 5.19 Å². The summed E-state index contributed by atoms with van der Waals surface area (Å²) in [6.45, 7) is 1.96. The van der Waals surface area contributed by atoms with Crippen LogP contribution in [0.2, 0.25) is 0 Å². The second-order valence-electron chi connectivity index (χ2n) is 2.27. The van der Waals surface area contributed by atoms with Crippen molar-refractivity contribution in [3.05, 3.63) is 29.8 Å². The third-order valence-corrected chi connectivity index (χ3v) is 2.41. The van der Waals surface area contributed by atoms with Gasteiger partial charge in [0.1, 0.15) is 0 Å². The first-order valence-electron chi connectivity index (χ1n) is 3.22. The van der Waals surface area contributed by atoms with E-state index < -0.39 is 8.93 Å². The van der Waals surface area contributed by atoms with E-state index >= 15 is 0 Å². The van der Waals surface area contributed by atoms with Gasteiger partial charge in [-0.3, -0.25) is 0 Å². The Morgan fingerprint density at radius 1 is 1.36 bits per heavy atom. The van der Waals surface area contributed by atoms with Crippen molar-refractivity contribution < 1.29 is 8.99 Å². The van der Waals surface area contributed by atoms with Crippen LogP contribution in [0.5, 0.6) is 0 Å². The maximum atomic E-state index is 11.0. The fourth-order valence-corrected chi connectivity index (χ4v) is 1.33. The zero-order valence-corrected chi connectivity index (χ0v) is 7.20. The van der Waals surface area contributed by atoms with Crippen LogP contribution in [-0.2, 0) is 8.99 Å². The number of rotatable bonds is 2. The molecule has 58 valence electrons. The van der Waals surface area contributed by atoms with Crippen LogP contribution in [0.15, 0.2) is 24.3 Å². The number of benzene rings is 1. The lowest BCUT2D eigenvalue weighted by Crippen LogP contribution is -2.26. The van der Waals surface area contributed by atoms with Crippen molar-refractivity contribution in [3.8, 4) is 0 Å². The lowest BCUT2D eigenvalue weighted by molar-refractivity contribution is 0.311. The van der Waals surface area contributed by atoms with Gasteiger partial charge in [0.05, 0.1) is 0 Å². The topological polar surface area (TPSA) is 52.3 Å². The van der Waals surface area contributed by atoms with Gasteiger partial charge < -0.3 is 8.99 Å². The zero-order valence-electron chi connectivity index (χ0n) is 6.20. The number of hydrogen-bond acceptors (Lipinski definition) is 3. The average Bonchev–Trinajstić information content (AvgIpc) is 2.05. The molecule has 3 nitrogen and oxygen atoms in total. The lowest BCUT2D eigenvalue weighted by atomic mass is 10.2. The highest BCUT2D eigenvalue weighted by Gasteiger charge is 2.08. The van der Waals surface area contributed by atoms with Crippen LogP contribution in [0, 0.1) is 6.92 Å². The van der Waals surface area contributed by atoms with Crippen molar-refractivity contribution in [2.45, 2.75) is 6.92 Å². The largest absolute Gasteiger partial charge is 0.559 e. The van der Waals surface area contributed by atoms with Gasteiger partial charge in [0, 0.05) is 5.19 Å². The first-order valence-corrected chi connectivity index (χ1v) is 4.53. The Bertz CT molecular complexity index is 258. The molecule has 0 amide bonds. The monoisotopic (exact) mass is 167 g/mol. The summed E-state index contributed by atoms with van der Waals surface area (Å²) in [4.78, 5) is 0. The van der Waals surface area contributed by atoms with Gasteiger partial charge in [-0.25, -0.2) is 0 Å². The summed E-state index contributed by atoms with van der Waals surface area (Å²) < 4.78 is 15.2. The molecule has 0 aliphatic rings. The lowest BCUT2D eigenvalue weighted by Gasteiger charge is -1.95. The molecule has 2 N–H and O–H groups in total. The van der Waals surface area contributed by atoms with Gasteiger partial charge >= 0.3 is 8.93 Å². The van der Waals surface area contributed by atoms with Gasteiger partial charge in [0.15, 0.2) is 0 Å². The number of nitrogens with two attached hydrogens (primary N) is 1.